The first-order chi connectivity index (χ1) is 19.2. The fraction of sp³-hybridized carbons (Fsp3) is 0.367. The molecule has 1 saturated heterocycles. The second-order valence-electron chi connectivity index (χ2n) is 9.89. The molecule has 9 heteroatoms. The standard InChI is InChI=1S/C30H34N6O3/c1-37-25-11-7-22(8-12-25)20-35(21-23-9-13-26(38-2)14-10-23)30-33-29(34-15-17-39-18-16-34)32-28-27(19-31-36(28)30)24-5-3-4-6-24/h5,7-14,19H,3-4,6,15-18,20-21H2,1-2H3. The van der Waals surface area contributed by atoms with Gasteiger partial charge in [-0.15, -0.1) is 0 Å². The number of fused-ring (bicyclic) bond motifs is 1. The van der Waals surface area contributed by atoms with E-state index in [1.165, 1.54) is 12.0 Å². The minimum Gasteiger partial charge on any atom is -0.497 e. The summed E-state index contributed by atoms with van der Waals surface area (Å²) in [5.41, 5.74) is 5.56. The van der Waals surface area contributed by atoms with Gasteiger partial charge in [-0.1, -0.05) is 30.3 Å². The number of hydrogen-bond acceptors (Lipinski definition) is 8. The molecular weight excluding hydrogens is 492 g/mol. The lowest BCUT2D eigenvalue weighted by Crippen LogP contribution is -2.38. The molecule has 0 N–H and O–H groups in total. The fourth-order valence-corrected chi connectivity index (χ4v) is 5.20. The molecule has 3 heterocycles. The SMILES string of the molecule is COc1ccc(CN(Cc2ccc(OC)cc2)c2nc(N3CCOCC3)nc3c(C4=CCCC4)cnn23)cc1. The van der Waals surface area contributed by atoms with E-state index in [2.05, 4.69) is 40.1 Å². The summed E-state index contributed by atoms with van der Waals surface area (Å²) in [5.74, 6) is 3.15. The first kappa shape index (κ1) is 25.2. The number of nitrogens with zero attached hydrogens (tertiary/aromatic N) is 6. The van der Waals surface area contributed by atoms with E-state index >= 15 is 0 Å². The van der Waals surface area contributed by atoms with Gasteiger partial charge >= 0.3 is 0 Å². The Morgan fingerprint density at radius 3 is 2.08 bits per heavy atom. The summed E-state index contributed by atoms with van der Waals surface area (Å²) < 4.78 is 18.3. The molecular formula is C30H34N6O3. The van der Waals surface area contributed by atoms with Gasteiger partial charge in [0.25, 0.3) is 0 Å². The second kappa shape index (κ2) is 11.3. The molecule has 6 rings (SSSR count). The lowest BCUT2D eigenvalue weighted by Gasteiger charge is -2.29. The van der Waals surface area contributed by atoms with Crippen LogP contribution in [0.25, 0.3) is 11.2 Å². The minimum absolute atomic E-state index is 0.641. The summed E-state index contributed by atoms with van der Waals surface area (Å²) in [5, 5.41) is 4.83. The van der Waals surface area contributed by atoms with Crippen LogP contribution in [0.5, 0.6) is 11.5 Å². The molecule has 2 aromatic carbocycles. The predicted octanol–water partition coefficient (Wildman–Crippen LogP) is 4.75. The van der Waals surface area contributed by atoms with Crippen LogP contribution in [0, 0.1) is 0 Å². The smallest absolute Gasteiger partial charge is 0.232 e. The van der Waals surface area contributed by atoms with E-state index in [1.807, 2.05) is 35.0 Å². The molecule has 1 fully saturated rings. The van der Waals surface area contributed by atoms with E-state index in [0.717, 1.165) is 71.7 Å². The van der Waals surface area contributed by atoms with Gasteiger partial charge in [-0.25, -0.2) is 0 Å². The number of allylic oxidation sites excluding steroid dienone is 2. The van der Waals surface area contributed by atoms with Gasteiger partial charge in [-0.05, 0) is 60.2 Å². The average molecular weight is 527 g/mol. The maximum atomic E-state index is 5.62. The summed E-state index contributed by atoms with van der Waals surface area (Å²) in [6.07, 6.45) is 7.59. The van der Waals surface area contributed by atoms with Crippen LogP contribution in [0.2, 0.25) is 0 Å². The van der Waals surface area contributed by atoms with Crippen LogP contribution in [-0.2, 0) is 17.8 Å². The molecule has 0 spiro atoms. The molecule has 0 radical (unpaired) electrons. The largest absolute Gasteiger partial charge is 0.497 e. The van der Waals surface area contributed by atoms with E-state index in [-0.39, 0.29) is 0 Å². The average Bonchev–Trinajstić information content (AvgIpc) is 3.68. The monoisotopic (exact) mass is 526 g/mol. The Labute approximate surface area is 228 Å². The van der Waals surface area contributed by atoms with E-state index in [9.17, 15) is 0 Å². The Morgan fingerprint density at radius 2 is 1.51 bits per heavy atom. The molecule has 4 aromatic rings. The lowest BCUT2D eigenvalue weighted by atomic mass is 10.1. The molecule has 0 atom stereocenters. The van der Waals surface area contributed by atoms with Crippen LogP contribution in [0.15, 0.2) is 60.8 Å². The Balaban J connectivity index is 1.46. The Hall–Kier alpha value is -4.11. The van der Waals surface area contributed by atoms with E-state index in [0.29, 0.717) is 26.3 Å². The highest BCUT2D eigenvalue weighted by Gasteiger charge is 2.24. The normalized spacial score (nSPS) is 15.4. The molecule has 1 aliphatic heterocycles. The third-order valence-electron chi connectivity index (χ3n) is 7.37. The van der Waals surface area contributed by atoms with Crippen molar-refractivity contribution in [3.63, 3.8) is 0 Å². The molecule has 0 bridgehead atoms. The highest BCUT2D eigenvalue weighted by Crippen LogP contribution is 2.32. The third-order valence-corrected chi connectivity index (χ3v) is 7.37. The molecule has 202 valence electrons. The zero-order chi connectivity index (χ0) is 26.6. The van der Waals surface area contributed by atoms with Crippen LogP contribution in [0.4, 0.5) is 11.9 Å². The lowest BCUT2D eigenvalue weighted by molar-refractivity contribution is 0.122. The molecule has 1 aliphatic carbocycles. The number of methoxy groups -OCH3 is 2. The van der Waals surface area contributed by atoms with Gasteiger partial charge in [0.2, 0.25) is 11.9 Å². The van der Waals surface area contributed by atoms with Gasteiger partial charge in [-0.3, -0.25) is 0 Å². The first-order valence-corrected chi connectivity index (χ1v) is 13.5. The van der Waals surface area contributed by atoms with Crippen LogP contribution < -0.4 is 19.3 Å². The van der Waals surface area contributed by atoms with E-state index in [4.69, 9.17) is 29.3 Å². The molecule has 0 amide bonds. The topological polar surface area (TPSA) is 77.2 Å². The van der Waals surface area contributed by atoms with Crippen LogP contribution in [0.3, 0.4) is 0 Å². The van der Waals surface area contributed by atoms with Crippen molar-refractivity contribution in [1.29, 1.82) is 0 Å². The zero-order valence-electron chi connectivity index (χ0n) is 22.5. The predicted molar refractivity (Wildman–Crippen MR) is 152 cm³/mol. The number of rotatable bonds is 9. The fourth-order valence-electron chi connectivity index (χ4n) is 5.20. The van der Waals surface area contributed by atoms with Gasteiger partial charge in [0.05, 0.1) is 33.6 Å². The van der Waals surface area contributed by atoms with Crippen LogP contribution in [-0.4, -0.2) is 60.1 Å². The quantitative estimate of drug-likeness (QED) is 0.309. The number of benzene rings is 2. The van der Waals surface area contributed by atoms with Gasteiger partial charge in [0, 0.05) is 31.7 Å². The number of aromatic nitrogens is 4. The minimum atomic E-state index is 0.641. The molecule has 0 saturated carbocycles. The number of ether oxygens (including phenoxy) is 3. The van der Waals surface area contributed by atoms with Crippen molar-refractivity contribution in [2.45, 2.75) is 32.4 Å². The maximum Gasteiger partial charge on any atom is 0.232 e. The first-order valence-electron chi connectivity index (χ1n) is 13.5. The van der Waals surface area contributed by atoms with Crippen molar-refractivity contribution < 1.29 is 14.2 Å². The van der Waals surface area contributed by atoms with Crippen molar-refractivity contribution in [2.24, 2.45) is 0 Å². The molecule has 2 aliphatic rings. The molecule has 9 nitrogen and oxygen atoms in total. The highest BCUT2D eigenvalue weighted by atomic mass is 16.5. The number of morpholine rings is 1. The number of hydrogen-bond donors (Lipinski definition) is 0. The van der Waals surface area contributed by atoms with E-state index in [1.54, 1.807) is 14.2 Å². The van der Waals surface area contributed by atoms with Crippen molar-refractivity contribution in [1.82, 2.24) is 19.6 Å². The van der Waals surface area contributed by atoms with Gasteiger partial charge in [0.15, 0.2) is 5.65 Å². The van der Waals surface area contributed by atoms with Crippen molar-refractivity contribution in [3.8, 4) is 11.5 Å². The van der Waals surface area contributed by atoms with Gasteiger partial charge in [-0.2, -0.15) is 19.6 Å². The van der Waals surface area contributed by atoms with Crippen LogP contribution in [0.1, 0.15) is 36.0 Å². The number of anilines is 2. The summed E-state index contributed by atoms with van der Waals surface area (Å²) in [4.78, 5) is 14.7. The summed E-state index contributed by atoms with van der Waals surface area (Å²) in [7, 11) is 3.37. The summed E-state index contributed by atoms with van der Waals surface area (Å²) >= 11 is 0. The molecule has 0 unspecified atom stereocenters. The van der Waals surface area contributed by atoms with Crippen molar-refractivity contribution in [2.75, 3.05) is 50.3 Å². The molecule has 39 heavy (non-hydrogen) atoms. The van der Waals surface area contributed by atoms with E-state index < -0.39 is 0 Å². The van der Waals surface area contributed by atoms with Crippen molar-refractivity contribution >= 4 is 23.1 Å². The second-order valence-corrected chi connectivity index (χ2v) is 9.89. The molecule has 2 aromatic heterocycles. The maximum absolute atomic E-state index is 5.62. The van der Waals surface area contributed by atoms with Gasteiger partial charge in [0.1, 0.15) is 11.5 Å². The summed E-state index contributed by atoms with van der Waals surface area (Å²) in [6.45, 7) is 4.15. The van der Waals surface area contributed by atoms with Crippen molar-refractivity contribution in [3.05, 3.63) is 77.5 Å². The Morgan fingerprint density at radius 1 is 0.872 bits per heavy atom. The third kappa shape index (κ3) is 5.40. The highest BCUT2D eigenvalue weighted by molar-refractivity contribution is 5.78. The Kier molecular flexibility index (Phi) is 7.31. The van der Waals surface area contributed by atoms with Crippen LogP contribution >= 0.6 is 0 Å². The summed E-state index contributed by atoms with van der Waals surface area (Å²) in [6, 6.07) is 16.4. The van der Waals surface area contributed by atoms with Gasteiger partial charge < -0.3 is 24.0 Å². The zero-order valence-corrected chi connectivity index (χ0v) is 22.5. The Bertz CT molecular complexity index is 1390.